The molecule has 0 aliphatic heterocycles. The van der Waals surface area contributed by atoms with Gasteiger partial charge >= 0.3 is 0 Å². The highest BCUT2D eigenvalue weighted by atomic mass is 35.5. The first-order valence-corrected chi connectivity index (χ1v) is 13.5. The lowest BCUT2D eigenvalue weighted by molar-refractivity contribution is 0.0977. The molecule has 2 heterocycles. The number of hydrogen-bond acceptors (Lipinski definition) is 8. The van der Waals surface area contributed by atoms with Crippen LogP contribution in [0.4, 0.5) is 10.9 Å². The van der Waals surface area contributed by atoms with Gasteiger partial charge in [-0.3, -0.25) is 4.79 Å². The molecule has 0 atom stereocenters. The number of aryl methyl sites for hydroxylation is 1. The number of pyridine rings is 1. The predicted molar refractivity (Wildman–Crippen MR) is 149 cm³/mol. The van der Waals surface area contributed by atoms with Crippen LogP contribution in [0.2, 0.25) is 5.02 Å². The van der Waals surface area contributed by atoms with E-state index in [1.54, 1.807) is 36.2 Å². The topological polar surface area (TPSA) is 67.4 Å². The third-order valence-corrected chi connectivity index (χ3v) is 7.29. The number of aromatic nitrogens is 2. The molecule has 0 aliphatic carbocycles. The fraction of sp³-hybridized carbons (Fsp3) is 0.222. The predicted octanol–water partition coefficient (Wildman–Crippen LogP) is 7.71. The molecule has 0 spiro atoms. The number of nitrogens with zero attached hydrogens (tertiary/aromatic N) is 3. The summed E-state index contributed by atoms with van der Waals surface area (Å²) in [6, 6.07) is 17.1. The van der Waals surface area contributed by atoms with Gasteiger partial charge < -0.3 is 15.0 Å². The lowest BCUT2D eigenvalue weighted by atomic mass is 10.1. The largest absolute Gasteiger partial charge is 0.452 e. The second kappa shape index (κ2) is 12.4. The smallest absolute Gasteiger partial charge is 0.188 e. The van der Waals surface area contributed by atoms with Crippen LogP contribution in [0, 0.1) is 6.92 Å². The lowest BCUT2D eigenvalue weighted by Crippen LogP contribution is -2.14. The number of carbonyl (C=O) groups excluding carboxylic acids is 1. The number of ether oxygens (including phenoxy) is 1. The van der Waals surface area contributed by atoms with E-state index in [-0.39, 0.29) is 5.78 Å². The van der Waals surface area contributed by atoms with E-state index in [0.29, 0.717) is 39.5 Å². The molecule has 0 bridgehead atoms. The maximum atomic E-state index is 12.8. The molecule has 0 saturated heterocycles. The first-order chi connectivity index (χ1) is 17.4. The molecule has 2 aromatic carbocycles. The first-order valence-electron chi connectivity index (χ1n) is 11.4. The van der Waals surface area contributed by atoms with Crippen LogP contribution in [0.15, 0.2) is 76.0 Å². The van der Waals surface area contributed by atoms with E-state index in [0.717, 1.165) is 28.5 Å². The van der Waals surface area contributed by atoms with Gasteiger partial charge in [0.15, 0.2) is 22.5 Å². The fourth-order valence-electron chi connectivity index (χ4n) is 3.37. The van der Waals surface area contributed by atoms with Crippen LogP contribution in [0.5, 0.6) is 11.5 Å². The average molecular weight is 539 g/mol. The molecule has 0 fully saturated rings. The highest BCUT2D eigenvalue weighted by Gasteiger charge is 2.15. The molecule has 36 heavy (non-hydrogen) atoms. The van der Waals surface area contributed by atoms with Crippen LogP contribution in [-0.2, 0) is 0 Å². The minimum absolute atomic E-state index is 0.0569. The number of nitrogens with one attached hydrogen (secondary N) is 1. The Bertz CT molecular complexity index is 1330. The van der Waals surface area contributed by atoms with Gasteiger partial charge in [0.25, 0.3) is 0 Å². The summed E-state index contributed by atoms with van der Waals surface area (Å²) in [5.41, 5.74) is 1.49. The highest BCUT2D eigenvalue weighted by Crippen LogP contribution is 2.38. The number of benzene rings is 2. The molecule has 0 aliphatic rings. The van der Waals surface area contributed by atoms with Crippen molar-refractivity contribution in [1.82, 2.24) is 14.9 Å². The molecule has 4 aromatic rings. The zero-order valence-electron chi connectivity index (χ0n) is 20.3. The van der Waals surface area contributed by atoms with Crippen LogP contribution < -0.4 is 10.1 Å². The second-order valence-electron chi connectivity index (χ2n) is 8.43. The van der Waals surface area contributed by atoms with Gasteiger partial charge in [-0.25, -0.2) is 9.97 Å². The number of rotatable bonds is 11. The van der Waals surface area contributed by atoms with Crippen LogP contribution >= 0.6 is 34.7 Å². The number of carbonyl (C=O) groups is 1. The minimum Gasteiger partial charge on any atom is -0.452 e. The van der Waals surface area contributed by atoms with Crippen molar-refractivity contribution in [3.05, 3.63) is 82.5 Å². The fourth-order valence-corrected chi connectivity index (χ4v) is 5.05. The van der Waals surface area contributed by atoms with Crippen LogP contribution in [0.1, 0.15) is 28.9 Å². The van der Waals surface area contributed by atoms with Gasteiger partial charge in [0.1, 0.15) is 5.75 Å². The molecule has 0 radical (unpaired) electrons. The van der Waals surface area contributed by atoms with Crippen LogP contribution in [0.25, 0.3) is 0 Å². The van der Waals surface area contributed by atoms with Crippen molar-refractivity contribution in [2.24, 2.45) is 0 Å². The van der Waals surface area contributed by atoms with Gasteiger partial charge in [0, 0.05) is 39.4 Å². The monoisotopic (exact) mass is 538 g/mol. The van der Waals surface area contributed by atoms with E-state index in [1.807, 2.05) is 62.8 Å². The van der Waals surface area contributed by atoms with E-state index < -0.39 is 0 Å². The minimum atomic E-state index is 0.0569. The van der Waals surface area contributed by atoms with Crippen molar-refractivity contribution in [2.75, 3.05) is 26.0 Å². The van der Waals surface area contributed by atoms with Crippen molar-refractivity contribution in [1.29, 1.82) is 0 Å². The van der Waals surface area contributed by atoms with Crippen molar-refractivity contribution in [3.63, 3.8) is 0 Å². The Balaban J connectivity index is 1.61. The number of anilines is 2. The van der Waals surface area contributed by atoms with E-state index in [9.17, 15) is 4.79 Å². The SMILES string of the molecule is Cc1csc(Nc2ncc(Sc3ccccc3)cc2Oc2cc(C(=O)CCCN(C)C)ccc2Cl)n1. The molecule has 2 aromatic heterocycles. The van der Waals surface area contributed by atoms with E-state index in [1.165, 1.54) is 11.3 Å². The summed E-state index contributed by atoms with van der Waals surface area (Å²) in [6.07, 6.45) is 3.04. The molecule has 0 amide bonds. The maximum Gasteiger partial charge on any atom is 0.188 e. The van der Waals surface area contributed by atoms with Gasteiger partial charge in [-0.15, -0.1) is 11.3 Å². The normalized spacial score (nSPS) is 11.0. The average Bonchev–Trinajstić information content (AvgIpc) is 3.27. The molecule has 9 heteroatoms. The molecular formula is C27H27ClN4O2S2. The van der Waals surface area contributed by atoms with Crippen molar-refractivity contribution in [2.45, 2.75) is 29.6 Å². The van der Waals surface area contributed by atoms with Crippen LogP contribution in [-0.4, -0.2) is 41.3 Å². The number of hydrogen-bond donors (Lipinski definition) is 1. The number of Topliss-reactive ketones (excluding diaryl/α,β-unsaturated/α-hetero) is 1. The molecule has 4 rings (SSSR count). The van der Waals surface area contributed by atoms with Crippen molar-refractivity contribution >= 4 is 51.4 Å². The Morgan fingerprint density at radius 3 is 2.64 bits per heavy atom. The zero-order chi connectivity index (χ0) is 25.5. The molecule has 1 N–H and O–H groups in total. The van der Waals surface area contributed by atoms with Gasteiger partial charge in [0.05, 0.1) is 10.7 Å². The summed E-state index contributed by atoms with van der Waals surface area (Å²) in [6.45, 7) is 2.79. The molecule has 0 saturated carbocycles. The number of halogens is 1. The van der Waals surface area contributed by atoms with Crippen molar-refractivity contribution in [3.8, 4) is 11.5 Å². The zero-order valence-corrected chi connectivity index (χ0v) is 22.7. The maximum absolute atomic E-state index is 12.8. The number of thiazole rings is 1. The summed E-state index contributed by atoms with van der Waals surface area (Å²) in [5, 5.41) is 6.34. The van der Waals surface area contributed by atoms with Crippen LogP contribution in [0.3, 0.4) is 0 Å². The quantitative estimate of drug-likeness (QED) is 0.196. The summed E-state index contributed by atoms with van der Waals surface area (Å²) in [4.78, 5) is 25.9. The third kappa shape index (κ3) is 7.30. The third-order valence-electron chi connectivity index (χ3n) is 5.13. The standard InChI is InChI=1S/C27H27ClN4O2S2/c1-18-17-35-27(30-18)31-26-25(15-21(16-29-26)36-20-8-5-4-6-9-20)34-24-14-19(11-12-22(24)28)23(33)10-7-13-32(2)3/h4-6,8-9,11-12,14-17H,7,10,13H2,1-3H3,(H,29,30,31). The Kier molecular flexibility index (Phi) is 8.98. The molecular weight excluding hydrogens is 512 g/mol. The highest BCUT2D eigenvalue weighted by molar-refractivity contribution is 7.99. The summed E-state index contributed by atoms with van der Waals surface area (Å²) in [5.74, 6) is 1.46. The Morgan fingerprint density at radius 2 is 1.92 bits per heavy atom. The van der Waals surface area contributed by atoms with Gasteiger partial charge in [-0.1, -0.05) is 41.6 Å². The Labute approximate surface area is 224 Å². The lowest BCUT2D eigenvalue weighted by Gasteiger charge is -2.14. The van der Waals surface area contributed by atoms with Gasteiger partial charge in [-0.05, 0) is 64.3 Å². The number of ketones is 1. The Hall–Kier alpha value is -2.91. The van der Waals surface area contributed by atoms with E-state index in [2.05, 4.69) is 20.2 Å². The van der Waals surface area contributed by atoms with Gasteiger partial charge in [0.2, 0.25) is 0 Å². The summed E-state index contributed by atoms with van der Waals surface area (Å²) in [7, 11) is 3.99. The van der Waals surface area contributed by atoms with Crippen molar-refractivity contribution < 1.29 is 9.53 Å². The second-order valence-corrected chi connectivity index (χ2v) is 10.8. The van der Waals surface area contributed by atoms with E-state index >= 15 is 0 Å². The first kappa shape index (κ1) is 26.2. The molecule has 0 unspecified atom stereocenters. The Morgan fingerprint density at radius 1 is 1.11 bits per heavy atom. The van der Waals surface area contributed by atoms with Gasteiger partial charge in [-0.2, -0.15) is 0 Å². The summed E-state index contributed by atoms with van der Waals surface area (Å²) >= 11 is 9.55. The van der Waals surface area contributed by atoms with E-state index in [4.69, 9.17) is 16.3 Å². The molecule has 186 valence electrons. The summed E-state index contributed by atoms with van der Waals surface area (Å²) < 4.78 is 6.28. The molecule has 6 nitrogen and oxygen atoms in total.